The van der Waals surface area contributed by atoms with E-state index in [1.807, 2.05) is 0 Å². The van der Waals surface area contributed by atoms with Crippen LogP contribution in [0, 0.1) is 0 Å². The van der Waals surface area contributed by atoms with Crippen molar-refractivity contribution in [2.24, 2.45) is 0 Å². The number of hydrogen-bond donors (Lipinski definition) is 0. The molecular formula is C15H22O2. The van der Waals surface area contributed by atoms with Crippen LogP contribution in [0.1, 0.15) is 44.1 Å². The number of hydrogen-bond acceptors (Lipinski definition) is 2. The van der Waals surface area contributed by atoms with E-state index >= 15 is 0 Å². The van der Waals surface area contributed by atoms with E-state index in [-0.39, 0.29) is 0 Å². The van der Waals surface area contributed by atoms with Gasteiger partial charge in [-0.1, -0.05) is 56.0 Å². The van der Waals surface area contributed by atoms with Crippen molar-refractivity contribution >= 4 is 6.47 Å². The largest absolute Gasteiger partial charge is 0.468 e. The molecule has 1 rings (SSSR count). The maximum atomic E-state index is 9.89. The van der Waals surface area contributed by atoms with Gasteiger partial charge in [-0.15, -0.1) is 0 Å². The Morgan fingerprint density at radius 2 is 1.53 bits per heavy atom. The summed E-state index contributed by atoms with van der Waals surface area (Å²) in [4.78, 5) is 9.89. The Bertz CT molecular complexity index is 282. The van der Waals surface area contributed by atoms with Crippen LogP contribution in [0.4, 0.5) is 0 Å². The molecule has 0 saturated heterocycles. The molecule has 0 radical (unpaired) electrons. The van der Waals surface area contributed by atoms with E-state index < -0.39 is 0 Å². The molecular weight excluding hydrogens is 212 g/mol. The fourth-order valence-corrected chi connectivity index (χ4v) is 1.91. The number of rotatable bonds is 10. The predicted octanol–water partition coefficient (Wildman–Crippen LogP) is 3.74. The van der Waals surface area contributed by atoms with Crippen molar-refractivity contribution in [1.29, 1.82) is 0 Å². The van der Waals surface area contributed by atoms with Gasteiger partial charge in [-0.3, -0.25) is 4.79 Å². The molecule has 0 aliphatic heterocycles. The zero-order valence-corrected chi connectivity index (χ0v) is 10.4. The third-order valence-electron chi connectivity index (χ3n) is 2.89. The lowest BCUT2D eigenvalue weighted by Gasteiger charge is -2.02. The molecule has 0 aromatic heterocycles. The summed E-state index contributed by atoms with van der Waals surface area (Å²) in [7, 11) is 0. The number of benzene rings is 1. The van der Waals surface area contributed by atoms with Crippen molar-refractivity contribution in [2.75, 3.05) is 6.61 Å². The Labute approximate surface area is 104 Å². The summed E-state index contributed by atoms with van der Waals surface area (Å²) >= 11 is 0. The van der Waals surface area contributed by atoms with E-state index in [9.17, 15) is 4.79 Å². The molecule has 0 atom stereocenters. The maximum Gasteiger partial charge on any atom is 0.293 e. The van der Waals surface area contributed by atoms with Crippen molar-refractivity contribution in [1.82, 2.24) is 0 Å². The minimum Gasteiger partial charge on any atom is -0.468 e. The number of carbonyl (C=O) groups is 1. The van der Waals surface area contributed by atoms with Crippen molar-refractivity contribution in [3.05, 3.63) is 35.9 Å². The van der Waals surface area contributed by atoms with Gasteiger partial charge in [0.2, 0.25) is 0 Å². The quantitative estimate of drug-likeness (QED) is 0.455. The summed E-state index contributed by atoms with van der Waals surface area (Å²) in [5.74, 6) is 0. The van der Waals surface area contributed by atoms with Crippen LogP contribution in [0.25, 0.3) is 0 Å². The van der Waals surface area contributed by atoms with Crippen molar-refractivity contribution in [2.45, 2.75) is 44.9 Å². The predicted molar refractivity (Wildman–Crippen MR) is 69.9 cm³/mol. The lowest BCUT2D eigenvalue weighted by Crippen LogP contribution is -1.91. The average Bonchev–Trinajstić information content (AvgIpc) is 2.38. The summed E-state index contributed by atoms with van der Waals surface area (Å²) in [6, 6.07) is 10.6. The summed E-state index contributed by atoms with van der Waals surface area (Å²) in [5, 5.41) is 0. The molecule has 1 aromatic rings. The Morgan fingerprint density at radius 1 is 0.882 bits per heavy atom. The standard InChI is InChI=1S/C15H22O2/c16-14-17-13-9-4-2-1-3-6-10-15-11-7-5-8-12-15/h5,7-8,11-12,14H,1-4,6,9-10,13H2. The van der Waals surface area contributed by atoms with E-state index in [1.54, 1.807) is 0 Å². The Kier molecular flexibility index (Phi) is 8.00. The molecule has 0 bridgehead atoms. The second kappa shape index (κ2) is 9.88. The first-order valence-corrected chi connectivity index (χ1v) is 6.52. The highest BCUT2D eigenvalue weighted by Gasteiger charge is 1.93. The number of unbranched alkanes of at least 4 members (excludes halogenated alkanes) is 5. The van der Waals surface area contributed by atoms with Gasteiger partial charge in [0, 0.05) is 0 Å². The van der Waals surface area contributed by atoms with Gasteiger partial charge in [0.15, 0.2) is 0 Å². The van der Waals surface area contributed by atoms with Gasteiger partial charge in [-0.25, -0.2) is 0 Å². The van der Waals surface area contributed by atoms with Gasteiger partial charge in [-0.2, -0.15) is 0 Å². The molecule has 17 heavy (non-hydrogen) atoms. The van der Waals surface area contributed by atoms with Gasteiger partial charge in [0.05, 0.1) is 6.61 Å². The molecule has 0 N–H and O–H groups in total. The van der Waals surface area contributed by atoms with Crippen LogP contribution >= 0.6 is 0 Å². The van der Waals surface area contributed by atoms with Crippen LogP contribution in [0.2, 0.25) is 0 Å². The van der Waals surface area contributed by atoms with Crippen LogP contribution in [0.15, 0.2) is 30.3 Å². The molecule has 0 saturated carbocycles. The second-order valence-electron chi connectivity index (χ2n) is 4.32. The van der Waals surface area contributed by atoms with Gasteiger partial charge in [0.1, 0.15) is 0 Å². The molecule has 0 fully saturated rings. The van der Waals surface area contributed by atoms with Crippen LogP contribution in [-0.2, 0) is 16.0 Å². The third kappa shape index (κ3) is 7.56. The normalized spacial score (nSPS) is 10.1. The van der Waals surface area contributed by atoms with E-state index in [1.165, 1.54) is 44.1 Å². The lowest BCUT2D eigenvalue weighted by atomic mass is 10.1. The summed E-state index contributed by atoms with van der Waals surface area (Å²) < 4.78 is 4.64. The molecule has 1 aromatic carbocycles. The number of aryl methyl sites for hydroxylation is 1. The molecule has 0 spiro atoms. The van der Waals surface area contributed by atoms with Crippen molar-refractivity contribution in [3.63, 3.8) is 0 Å². The average molecular weight is 234 g/mol. The topological polar surface area (TPSA) is 26.3 Å². The highest BCUT2D eigenvalue weighted by atomic mass is 16.5. The molecule has 0 heterocycles. The first kappa shape index (κ1) is 13.8. The fourth-order valence-electron chi connectivity index (χ4n) is 1.91. The molecule has 2 nitrogen and oxygen atoms in total. The Hall–Kier alpha value is -1.31. The molecule has 0 amide bonds. The molecule has 94 valence electrons. The van der Waals surface area contributed by atoms with Crippen molar-refractivity contribution < 1.29 is 9.53 Å². The molecule has 0 unspecified atom stereocenters. The van der Waals surface area contributed by atoms with E-state index in [0.29, 0.717) is 13.1 Å². The minimum atomic E-state index is 0.528. The Balaban J connectivity index is 1.86. The fraction of sp³-hybridized carbons (Fsp3) is 0.533. The molecule has 0 aliphatic rings. The highest BCUT2D eigenvalue weighted by molar-refractivity contribution is 5.36. The van der Waals surface area contributed by atoms with Crippen LogP contribution in [-0.4, -0.2) is 13.1 Å². The summed E-state index contributed by atoms with van der Waals surface area (Å²) in [6.45, 7) is 1.10. The third-order valence-corrected chi connectivity index (χ3v) is 2.89. The van der Waals surface area contributed by atoms with Crippen LogP contribution in [0.5, 0.6) is 0 Å². The highest BCUT2D eigenvalue weighted by Crippen LogP contribution is 2.09. The van der Waals surface area contributed by atoms with E-state index in [0.717, 1.165) is 6.42 Å². The lowest BCUT2D eigenvalue weighted by molar-refractivity contribution is -0.128. The van der Waals surface area contributed by atoms with E-state index in [2.05, 4.69) is 35.1 Å². The SMILES string of the molecule is O=COCCCCCCCCc1ccccc1. The second-order valence-corrected chi connectivity index (χ2v) is 4.32. The van der Waals surface area contributed by atoms with E-state index in [4.69, 9.17) is 0 Å². The number of carbonyl (C=O) groups excluding carboxylic acids is 1. The zero-order chi connectivity index (χ0) is 12.2. The number of ether oxygens (including phenoxy) is 1. The Morgan fingerprint density at radius 3 is 2.24 bits per heavy atom. The minimum absolute atomic E-state index is 0.528. The van der Waals surface area contributed by atoms with Gasteiger partial charge in [0.25, 0.3) is 6.47 Å². The molecule has 2 heteroatoms. The van der Waals surface area contributed by atoms with Crippen LogP contribution in [0.3, 0.4) is 0 Å². The maximum absolute atomic E-state index is 9.89. The summed E-state index contributed by atoms with van der Waals surface area (Å²) in [6.07, 6.45) is 8.45. The first-order valence-electron chi connectivity index (χ1n) is 6.52. The van der Waals surface area contributed by atoms with Crippen molar-refractivity contribution in [3.8, 4) is 0 Å². The van der Waals surface area contributed by atoms with Gasteiger partial charge >= 0.3 is 0 Å². The van der Waals surface area contributed by atoms with Gasteiger partial charge in [-0.05, 0) is 24.8 Å². The summed E-state index contributed by atoms with van der Waals surface area (Å²) in [5.41, 5.74) is 1.44. The smallest absolute Gasteiger partial charge is 0.293 e. The first-order chi connectivity index (χ1) is 8.43. The van der Waals surface area contributed by atoms with Crippen LogP contribution < -0.4 is 0 Å². The monoisotopic (exact) mass is 234 g/mol. The zero-order valence-electron chi connectivity index (χ0n) is 10.4. The molecule has 0 aliphatic carbocycles. The van der Waals surface area contributed by atoms with Gasteiger partial charge < -0.3 is 4.74 Å².